The van der Waals surface area contributed by atoms with Crippen molar-refractivity contribution in [3.8, 4) is 5.75 Å². The van der Waals surface area contributed by atoms with E-state index in [0.717, 1.165) is 10.6 Å². The molecule has 0 saturated carbocycles. The number of imide groups is 1. The molecule has 7 nitrogen and oxygen atoms in total. The molecule has 0 aliphatic carbocycles. The molecular formula is C19H20N4O3S. The van der Waals surface area contributed by atoms with Crippen LogP contribution in [0.4, 0.5) is 10.5 Å². The van der Waals surface area contributed by atoms with Gasteiger partial charge in [-0.05, 0) is 36.3 Å². The fourth-order valence-electron chi connectivity index (χ4n) is 3.00. The minimum atomic E-state index is -1.11. The average molecular weight is 384 g/mol. The summed E-state index contributed by atoms with van der Waals surface area (Å²) in [5.74, 6) is 0.253. The number of thiocarbonyl (C=S) groups is 1. The third-order valence-electron chi connectivity index (χ3n) is 4.43. The van der Waals surface area contributed by atoms with Crippen molar-refractivity contribution in [2.45, 2.75) is 18.9 Å². The fraction of sp³-hybridized carbons (Fsp3) is 0.211. The van der Waals surface area contributed by atoms with Gasteiger partial charge in [-0.1, -0.05) is 43.3 Å². The van der Waals surface area contributed by atoms with Crippen molar-refractivity contribution in [2.75, 3.05) is 12.4 Å². The largest absolute Gasteiger partial charge is 0.497 e. The Balaban J connectivity index is 1.76. The van der Waals surface area contributed by atoms with E-state index in [9.17, 15) is 9.59 Å². The molecule has 1 saturated heterocycles. The molecule has 1 atom stereocenters. The Kier molecular flexibility index (Phi) is 5.27. The highest BCUT2D eigenvalue weighted by Crippen LogP contribution is 2.31. The van der Waals surface area contributed by atoms with E-state index < -0.39 is 17.5 Å². The van der Waals surface area contributed by atoms with Gasteiger partial charge in [-0.15, -0.1) is 0 Å². The molecule has 27 heavy (non-hydrogen) atoms. The minimum Gasteiger partial charge on any atom is -0.497 e. The Morgan fingerprint density at radius 1 is 1.19 bits per heavy atom. The van der Waals surface area contributed by atoms with Crippen molar-refractivity contribution in [3.05, 3.63) is 60.2 Å². The van der Waals surface area contributed by atoms with E-state index in [0.29, 0.717) is 17.9 Å². The molecule has 0 unspecified atom stereocenters. The number of carbonyl (C=O) groups excluding carboxylic acids is 2. The lowest BCUT2D eigenvalue weighted by Crippen LogP contribution is -2.49. The number of carbonyl (C=O) groups is 2. The second-order valence-corrected chi connectivity index (χ2v) is 6.40. The lowest BCUT2D eigenvalue weighted by Gasteiger charge is -2.25. The zero-order valence-electron chi connectivity index (χ0n) is 15.0. The molecule has 0 radical (unpaired) electrons. The maximum absolute atomic E-state index is 13.0. The summed E-state index contributed by atoms with van der Waals surface area (Å²) in [6.45, 7) is 1.85. The lowest BCUT2D eigenvalue weighted by molar-refractivity contribution is -0.133. The van der Waals surface area contributed by atoms with Gasteiger partial charge in [-0.3, -0.25) is 10.2 Å². The van der Waals surface area contributed by atoms with Crippen LogP contribution in [0.2, 0.25) is 0 Å². The van der Waals surface area contributed by atoms with E-state index >= 15 is 0 Å². The molecule has 3 N–H and O–H groups in total. The molecule has 1 heterocycles. The number of ether oxygens (including phenoxy) is 1. The molecule has 3 amide bonds. The Labute approximate surface area is 162 Å². The van der Waals surface area contributed by atoms with Crippen LogP contribution >= 0.6 is 12.2 Å². The van der Waals surface area contributed by atoms with E-state index in [1.54, 1.807) is 31.4 Å². The number of urea groups is 1. The van der Waals surface area contributed by atoms with Crippen molar-refractivity contribution in [2.24, 2.45) is 0 Å². The van der Waals surface area contributed by atoms with Crippen molar-refractivity contribution in [1.29, 1.82) is 0 Å². The molecular weight excluding hydrogens is 364 g/mol. The predicted molar refractivity (Wildman–Crippen MR) is 106 cm³/mol. The average Bonchev–Trinajstić information content (AvgIpc) is 2.94. The van der Waals surface area contributed by atoms with Gasteiger partial charge in [0.1, 0.15) is 11.3 Å². The quantitative estimate of drug-likeness (QED) is 0.543. The minimum absolute atomic E-state index is 0.117. The number of hydrogen-bond donors (Lipinski definition) is 3. The zero-order chi connectivity index (χ0) is 19.4. The van der Waals surface area contributed by atoms with Crippen LogP contribution in [-0.4, -0.2) is 29.2 Å². The number of methoxy groups -OCH3 is 1. The fourth-order valence-corrected chi connectivity index (χ4v) is 3.21. The van der Waals surface area contributed by atoms with Gasteiger partial charge in [0.25, 0.3) is 5.91 Å². The van der Waals surface area contributed by atoms with Gasteiger partial charge in [-0.2, -0.15) is 5.01 Å². The summed E-state index contributed by atoms with van der Waals surface area (Å²) in [6, 6.07) is 15.7. The maximum atomic E-state index is 13.0. The third-order valence-corrected chi connectivity index (χ3v) is 4.62. The van der Waals surface area contributed by atoms with Crippen LogP contribution in [0.1, 0.15) is 18.9 Å². The Morgan fingerprint density at radius 2 is 1.93 bits per heavy atom. The highest BCUT2D eigenvalue weighted by atomic mass is 32.1. The van der Waals surface area contributed by atoms with E-state index in [2.05, 4.69) is 16.1 Å². The molecule has 8 heteroatoms. The van der Waals surface area contributed by atoms with Gasteiger partial charge in [0.2, 0.25) is 0 Å². The molecule has 3 rings (SSSR count). The maximum Gasteiger partial charge on any atom is 0.344 e. The predicted octanol–water partition coefficient (Wildman–Crippen LogP) is 2.75. The SMILES string of the molecule is CC[C@]1(c2ccccc2)NC(=O)N(NC(=S)Nc2cccc(OC)c2)C1=O. The van der Waals surface area contributed by atoms with Gasteiger partial charge >= 0.3 is 6.03 Å². The van der Waals surface area contributed by atoms with Crippen LogP contribution in [0.3, 0.4) is 0 Å². The summed E-state index contributed by atoms with van der Waals surface area (Å²) in [7, 11) is 1.57. The monoisotopic (exact) mass is 384 g/mol. The zero-order valence-corrected chi connectivity index (χ0v) is 15.8. The number of benzene rings is 2. The lowest BCUT2D eigenvalue weighted by atomic mass is 9.87. The number of hydrogen-bond acceptors (Lipinski definition) is 4. The second-order valence-electron chi connectivity index (χ2n) is 5.99. The molecule has 2 aromatic carbocycles. The number of nitrogens with zero attached hydrogens (tertiary/aromatic N) is 1. The van der Waals surface area contributed by atoms with Crippen LogP contribution < -0.4 is 20.8 Å². The molecule has 140 valence electrons. The highest BCUT2D eigenvalue weighted by molar-refractivity contribution is 7.80. The molecule has 0 spiro atoms. The highest BCUT2D eigenvalue weighted by Gasteiger charge is 2.51. The van der Waals surface area contributed by atoms with Crippen LogP contribution in [0.25, 0.3) is 0 Å². The summed E-state index contributed by atoms with van der Waals surface area (Å²) >= 11 is 5.25. The Bertz CT molecular complexity index is 874. The number of nitrogens with one attached hydrogen (secondary N) is 3. The number of anilines is 1. The van der Waals surface area contributed by atoms with Crippen LogP contribution in [-0.2, 0) is 10.3 Å². The summed E-state index contributed by atoms with van der Waals surface area (Å²) in [5, 5.41) is 6.75. The van der Waals surface area contributed by atoms with Gasteiger partial charge in [0, 0.05) is 11.8 Å². The molecule has 1 aliphatic rings. The topological polar surface area (TPSA) is 82.7 Å². The van der Waals surface area contributed by atoms with Crippen molar-refractivity contribution < 1.29 is 14.3 Å². The first-order valence-electron chi connectivity index (χ1n) is 8.44. The van der Waals surface area contributed by atoms with E-state index in [4.69, 9.17) is 17.0 Å². The van der Waals surface area contributed by atoms with Gasteiger partial charge in [0.05, 0.1) is 7.11 Å². The Hall–Kier alpha value is -3.13. The van der Waals surface area contributed by atoms with E-state index in [1.807, 2.05) is 37.3 Å². The third kappa shape index (κ3) is 3.56. The molecule has 2 aromatic rings. The van der Waals surface area contributed by atoms with Crippen LogP contribution in [0, 0.1) is 0 Å². The Morgan fingerprint density at radius 3 is 2.59 bits per heavy atom. The first kappa shape index (κ1) is 18.7. The van der Waals surface area contributed by atoms with E-state index in [1.165, 1.54) is 0 Å². The molecule has 0 bridgehead atoms. The second kappa shape index (κ2) is 7.63. The first-order valence-corrected chi connectivity index (χ1v) is 8.85. The van der Waals surface area contributed by atoms with E-state index in [-0.39, 0.29) is 5.11 Å². The standard InChI is InChI=1S/C19H20N4O3S/c1-3-19(13-8-5-4-6-9-13)16(24)23(18(25)21-19)22-17(27)20-14-10-7-11-15(12-14)26-2/h4-12H,3H2,1-2H3,(H,21,25)(H2,20,22,27)/t19-/m1/s1. The normalized spacial score (nSPS) is 18.8. The summed E-state index contributed by atoms with van der Waals surface area (Å²) in [6.07, 6.45) is 0.413. The summed E-state index contributed by atoms with van der Waals surface area (Å²) in [5.41, 5.74) is 2.95. The van der Waals surface area contributed by atoms with Crippen LogP contribution in [0.15, 0.2) is 54.6 Å². The summed E-state index contributed by atoms with van der Waals surface area (Å²) in [4.78, 5) is 25.5. The number of rotatable bonds is 5. The van der Waals surface area contributed by atoms with Gasteiger partial charge < -0.3 is 15.4 Å². The van der Waals surface area contributed by atoms with Gasteiger partial charge in [0.15, 0.2) is 5.11 Å². The summed E-state index contributed by atoms with van der Waals surface area (Å²) < 4.78 is 5.16. The first-order chi connectivity index (χ1) is 13.0. The van der Waals surface area contributed by atoms with Crippen molar-refractivity contribution in [3.63, 3.8) is 0 Å². The van der Waals surface area contributed by atoms with Gasteiger partial charge in [-0.25, -0.2) is 4.79 Å². The number of hydrazine groups is 1. The number of amides is 3. The van der Waals surface area contributed by atoms with Crippen LogP contribution in [0.5, 0.6) is 5.75 Å². The smallest absolute Gasteiger partial charge is 0.344 e. The van der Waals surface area contributed by atoms with Crippen molar-refractivity contribution in [1.82, 2.24) is 15.8 Å². The van der Waals surface area contributed by atoms with Crippen molar-refractivity contribution >= 4 is 35.0 Å². The molecule has 1 fully saturated rings. The molecule has 1 aliphatic heterocycles. The molecule has 0 aromatic heterocycles.